The molecule has 0 atom stereocenters. The van der Waals surface area contributed by atoms with Gasteiger partial charge in [-0.1, -0.05) is 147 Å². The summed E-state index contributed by atoms with van der Waals surface area (Å²) in [6.07, 6.45) is 0. The Balaban J connectivity index is 1.00. The number of rotatable bonds is 4. The van der Waals surface area contributed by atoms with Gasteiger partial charge in [-0.25, -0.2) is 0 Å². The van der Waals surface area contributed by atoms with E-state index in [1.165, 1.54) is 108 Å². The summed E-state index contributed by atoms with van der Waals surface area (Å²) in [4.78, 5) is 2.45. The van der Waals surface area contributed by atoms with E-state index in [0.717, 1.165) is 11.4 Å². The van der Waals surface area contributed by atoms with Crippen molar-refractivity contribution in [3.05, 3.63) is 205 Å². The summed E-state index contributed by atoms with van der Waals surface area (Å²) in [5, 5.41) is 12.7. The quantitative estimate of drug-likeness (QED) is 0.173. The van der Waals surface area contributed by atoms with E-state index in [9.17, 15) is 0 Å². The second kappa shape index (κ2) is 12.4. The van der Waals surface area contributed by atoms with Crippen LogP contribution in [0, 0.1) is 0 Å². The topological polar surface area (TPSA) is 8.17 Å². The maximum Gasteiger partial charge on any atom is 0.0619 e. The van der Waals surface area contributed by atoms with Crippen molar-refractivity contribution in [2.45, 2.75) is 19.3 Å². The van der Waals surface area contributed by atoms with Crippen LogP contribution in [0.2, 0.25) is 0 Å². The summed E-state index contributed by atoms with van der Waals surface area (Å²) in [5.74, 6) is 0. The third-order valence-corrected chi connectivity index (χ3v) is 14.4. The Bertz CT molecular complexity index is 3770. The molecule has 3 heteroatoms. The molecular formula is C57H38N2S. The molecule has 0 saturated carbocycles. The fourth-order valence-electron chi connectivity index (χ4n) is 10.4. The highest BCUT2D eigenvalue weighted by molar-refractivity contribution is 7.25. The first-order chi connectivity index (χ1) is 29.5. The minimum absolute atomic E-state index is 0.0973. The summed E-state index contributed by atoms with van der Waals surface area (Å²) in [7, 11) is 0. The number of anilines is 3. The van der Waals surface area contributed by atoms with Gasteiger partial charge in [-0.2, -0.15) is 0 Å². The molecule has 0 aliphatic heterocycles. The van der Waals surface area contributed by atoms with Gasteiger partial charge < -0.3 is 9.47 Å². The lowest BCUT2D eigenvalue weighted by Gasteiger charge is -2.28. The first kappa shape index (κ1) is 33.7. The van der Waals surface area contributed by atoms with E-state index in [2.05, 4.69) is 217 Å². The average molecular weight is 783 g/mol. The molecule has 0 saturated heterocycles. The van der Waals surface area contributed by atoms with Crippen LogP contribution in [0.1, 0.15) is 25.0 Å². The number of fused-ring (bicyclic) bond motifs is 14. The van der Waals surface area contributed by atoms with E-state index in [0.29, 0.717) is 0 Å². The fourth-order valence-corrected chi connectivity index (χ4v) is 11.6. The SMILES string of the molecule is CC1(C)c2ccccc2-c2ccc(N(c3ccc4ccccc4c3)c3ccc4c(c3)sc3ccc(-n5c6ccc7ccccc7c6c6ccc7ccccc7c65)cc34)cc21. The van der Waals surface area contributed by atoms with Gasteiger partial charge in [-0.05, 0) is 110 Å². The van der Waals surface area contributed by atoms with Crippen molar-refractivity contribution in [1.82, 2.24) is 4.57 Å². The molecule has 60 heavy (non-hydrogen) atoms. The van der Waals surface area contributed by atoms with Crippen molar-refractivity contribution in [2.75, 3.05) is 4.90 Å². The number of nitrogens with zero attached hydrogens (tertiary/aromatic N) is 2. The highest BCUT2D eigenvalue weighted by Gasteiger charge is 2.35. The molecule has 0 N–H and O–H groups in total. The molecule has 0 amide bonds. The number of aromatic nitrogens is 1. The molecule has 1 aliphatic rings. The Labute approximate surface area is 351 Å². The summed E-state index contributed by atoms with van der Waals surface area (Å²) in [6.45, 7) is 4.73. The minimum Gasteiger partial charge on any atom is -0.310 e. The summed E-state index contributed by atoms with van der Waals surface area (Å²) in [5.41, 5.74) is 12.5. The normalized spacial score (nSPS) is 13.3. The first-order valence-corrected chi connectivity index (χ1v) is 21.6. The number of hydrogen-bond acceptors (Lipinski definition) is 2. The third kappa shape index (κ3) is 4.75. The van der Waals surface area contributed by atoms with Gasteiger partial charge in [0.2, 0.25) is 0 Å². The monoisotopic (exact) mass is 782 g/mol. The van der Waals surface area contributed by atoms with Crippen molar-refractivity contribution in [3.63, 3.8) is 0 Å². The van der Waals surface area contributed by atoms with E-state index < -0.39 is 0 Å². The smallest absolute Gasteiger partial charge is 0.0619 e. The molecule has 12 aromatic rings. The van der Waals surface area contributed by atoms with Crippen LogP contribution in [0.4, 0.5) is 17.1 Å². The maximum atomic E-state index is 2.51. The van der Waals surface area contributed by atoms with Gasteiger partial charge in [0.25, 0.3) is 0 Å². The molecular weight excluding hydrogens is 745 g/mol. The predicted molar refractivity (Wildman–Crippen MR) is 258 cm³/mol. The molecule has 13 rings (SSSR count). The number of hydrogen-bond donors (Lipinski definition) is 0. The van der Waals surface area contributed by atoms with Gasteiger partial charge in [-0.15, -0.1) is 11.3 Å². The van der Waals surface area contributed by atoms with Gasteiger partial charge in [0.1, 0.15) is 0 Å². The van der Waals surface area contributed by atoms with E-state index >= 15 is 0 Å². The van der Waals surface area contributed by atoms with Crippen LogP contribution in [0.3, 0.4) is 0 Å². The summed E-state index contributed by atoms with van der Waals surface area (Å²) < 4.78 is 5.07. The molecule has 0 bridgehead atoms. The molecule has 0 fully saturated rings. The average Bonchev–Trinajstić information content (AvgIpc) is 3.91. The molecule has 0 radical (unpaired) electrons. The lowest BCUT2D eigenvalue weighted by molar-refractivity contribution is 0.660. The van der Waals surface area contributed by atoms with E-state index in [1.807, 2.05) is 11.3 Å². The van der Waals surface area contributed by atoms with Crippen LogP contribution in [0.5, 0.6) is 0 Å². The largest absolute Gasteiger partial charge is 0.310 e. The fraction of sp³-hybridized carbons (Fsp3) is 0.0526. The van der Waals surface area contributed by atoms with Crippen LogP contribution in [0.25, 0.3) is 91.1 Å². The van der Waals surface area contributed by atoms with Gasteiger partial charge >= 0.3 is 0 Å². The van der Waals surface area contributed by atoms with E-state index in [1.54, 1.807) is 0 Å². The standard InChI is InChI=1S/C57H38N2S/c1-57(2)50-18-10-9-17-45(50)46-27-23-41(33-51(46)57)58(39-22-19-35-11-3-4-14-38(35)31-39)42-24-28-47-49-32-40(25-30-53(49)60-54(47)34-42)59-52-29-21-36-12-5-7-15-43(36)55(52)48-26-20-37-13-6-8-16-44(37)56(48)59/h3-34H,1-2H3. The number of thiophene rings is 1. The molecule has 0 unspecified atom stereocenters. The zero-order valence-electron chi connectivity index (χ0n) is 33.3. The van der Waals surface area contributed by atoms with Gasteiger partial charge in [-0.3, -0.25) is 0 Å². The Morgan fingerprint density at radius 2 is 1.05 bits per heavy atom. The molecule has 282 valence electrons. The predicted octanol–water partition coefficient (Wildman–Crippen LogP) is 16.4. The second-order valence-electron chi connectivity index (χ2n) is 16.9. The van der Waals surface area contributed by atoms with Gasteiger partial charge in [0.05, 0.1) is 11.0 Å². The van der Waals surface area contributed by atoms with Crippen LogP contribution in [-0.2, 0) is 5.41 Å². The molecule has 0 spiro atoms. The maximum absolute atomic E-state index is 2.51. The van der Waals surface area contributed by atoms with Crippen molar-refractivity contribution >= 4 is 103 Å². The Morgan fingerprint density at radius 3 is 1.93 bits per heavy atom. The Morgan fingerprint density at radius 1 is 0.417 bits per heavy atom. The van der Waals surface area contributed by atoms with Crippen molar-refractivity contribution in [1.29, 1.82) is 0 Å². The Kier molecular flexibility index (Phi) is 6.98. The zero-order chi connectivity index (χ0) is 39.7. The molecule has 2 nitrogen and oxygen atoms in total. The molecule has 2 heterocycles. The second-order valence-corrected chi connectivity index (χ2v) is 18.0. The van der Waals surface area contributed by atoms with E-state index in [4.69, 9.17) is 0 Å². The van der Waals surface area contributed by atoms with Crippen LogP contribution in [-0.4, -0.2) is 4.57 Å². The highest BCUT2D eigenvalue weighted by Crippen LogP contribution is 2.51. The summed E-state index contributed by atoms with van der Waals surface area (Å²) in [6, 6.07) is 72.5. The van der Waals surface area contributed by atoms with E-state index in [-0.39, 0.29) is 5.41 Å². The molecule has 1 aliphatic carbocycles. The number of benzene rings is 10. The van der Waals surface area contributed by atoms with Crippen molar-refractivity contribution < 1.29 is 0 Å². The molecule has 2 aromatic heterocycles. The van der Waals surface area contributed by atoms with Crippen molar-refractivity contribution in [2.24, 2.45) is 0 Å². The van der Waals surface area contributed by atoms with Crippen LogP contribution >= 0.6 is 11.3 Å². The van der Waals surface area contributed by atoms with Crippen molar-refractivity contribution in [3.8, 4) is 16.8 Å². The van der Waals surface area contributed by atoms with Gasteiger partial charge in [0.15, 0.2) is 0 Å². The van der Waals surface area contributed by atoms with Gasteiger partial charge in [0, 0.05) is 64.5 Å². The first-order valence-electron chi connectivity index (χ1n) is 20.8. The lowest BCUT2D eigenvalue weighted by Crippen LogP contribution is -2.16. The lowest BCUT2D eigenvalue weighted by atomic mass is 9.82. The van der Waals surface area contributed by atoms with Crippen LogP contribution < -0.4 is 4.90 Å². The Hall–Kier alpha value is -7.20. The third-order valence-electron chi connectivity index (χ3n) is 13.3. The van der Waals surface area contributed by atoms with Crippen LogP contribution in [0.15, 0.2) is 194 Å². The summed E-state index contributed by atoms with van der Waals surface area (Å²) >= 11 is 1.88. The highest BCUT2D eigenvalue weighted by atomic mass is 32.1. The zero-order valence-corrected chi connectivity index (χ0v) is 34.1. The minimum atomic E-state index is -0.0973. The molecule has 10 aromatic carbocycles.